The van der Waals surface area contributed by atoms with Crippen molar-refractivity contribution in [3.63, 3.8) is 0 Å². The fourth-order valence-corrected chi connectivity index (χ4v) is 2.80. The number of anilines is 1. The molecule has 0 radical (unpaired) electrons. The number of carbonyl (C=O) groups excluding carboxylic acids is 2. The van der Waals surface area contributed by atoms with E-state index in [4.69, 9.17) is 4.74 Å². The summed E-state index contributed by atoms with van der Waals surface area (Å²) in [5.74, 6) is -0.822. The summed E-state index contributed by atoms with van der Waals surface area (Å²) in [6, 6.07) is 13.6. The van der Waals surface area contributed by atoms with Crippen LogP contribution in [0, 0.1) is 6.92 Å². The van der Waals surface area contributed by atoms with Crippen molar-refractivity contribution in [1.82, 2.24) is 0 Å². The minimum absolute atomic E-state index is 0.109. The number of hydrogen-bond donors (Lipinski definition) is 0. The van der Waals surface area contributed by atoms with E-state index in [1.165, 1.54) is 31.3 Å². The van der Waals surface area contributed by atoms with Crippen LogP contribution in [0.4, 0.5) is 5.69 Å². The number of benzene rings is 2. The molecule has 26 heavy (non-hydrogen) atoms. The zero-order valence-corrected chi connectivity index (χ0v) is 15.7. The van der Waals surface area contributed by atoms with Crippen molar-refractivity contribution in [3.8, 4) is 0 Å². The number of aryl methyl sites for hydroxylation is 1. The largest absolute Gasteiger partial charge is 0.457 e. The summed E-state index contributed by atoms with van der Waals surface area (Å²) in [4.78, 5) is 24.0. The second-order valence-corrected chi connectivity index (χ2v) is 7.98. The topological polar surface area (TPSA) is 80.8 Å². The van der Waals surface area contributed by atoms with Crippen LogP contribution >= 0.6 is 0 Å². The van der Waals surface area contributed by atoms with E-state index in [1.54, 1.807) is 0 Å². The summed E-state index contributed by atoms with van der Waals surface area (Å²) >= 11 is 0. The molecule has 0 fully saturated rings. The highest BCUT2D eigenvalue weighted by atomic mass is 32.2. The van der Waals surface area contributed by atoms with Crippen LogP contribution in [0.3, 0.4) is 0 Å². The maximum atomic E-state index is 12.1. The molecule has 0 N–H and O–H groups in total. The highest BCUT2D eigenvalue weighted by molar-refractivity contribution is 7.92. The minimum atomic E-state index is -3.36. The molecule has 0 amide bonds. The van der Waals surface area contributed by atoms with Gasteiger partial charge in [0.05, 0.1) is 18.4 Å². The van der Waals surface area contributed by atoms with Gasteiger partial charge in [0.2, 0.25) is 10.0 Å². The van der Waals surface area contributed by atoms with Crippen LogP contribution in [0.25, 0.3) is 0 Å². The minimum Gasteiger partial charge on any atom is -0.457 e. The van der Waals surface area contributed by atoms with Crippen molar-refractivity contribution in [1.29, 1.82) is 0 Å². The molecule has 0 saturated carbocycles. The highest BCUT2D eigenvalue weighted by Crippen LogP contribution is 2.16. The molecule has 2 aromatic carbocycles. The van der Waals surface area contributed by atoms with E-state index < -0.39 is 16.0 Å². The predicted octanol–water partition coefficient (Wildman–Crippen LogP) is 2.36. The normalized spacial score (nSPS) is 11.0. The molecule has 2 aromatic rings. The zero-order valence-electron chi connectivity index (χ0n) is 14.9. The lowest BCUT2D eigenvalue weighted by atomic mass is 10.1. The number of sulfonamides is 1. The SMILES string of the molecule is Cc1ccccc1CC(=O)OCC(=O)c1ccc(N(C)S(C)(=O)=O)cc1. The van der Waals surface area contributed by atoms with Crippen LogP contribution in [-0.2, 0) is 26.0 Å². The Morgan fingerprint density at radius 2 is 1.65 bits per heavy atom. The quantitative estimate of drug-likeness (QED) is 0.548. The monoisotopic (exact) mass is 375 g/mol. The number of esters is 1. The van der Waals surface area contributed by atoms with Gasteiger partial charge in [-0.3, -0.25) is 13.9 Å². The number of rotatable bonds is 7. The van der Waals surface area contributed by atoms with Gasteiger partial charge in [-0.1, -0.05) is 24.3 Å². The van der Waals surface area contributed by atoms with Gasteiger partial charge < -0.3 is 4.74 Å². The van der Waals surface area contributed by atoms with Gasteiger partial charge in [0.15, 0.2) is 12.4 Å². The maximum absolute atomic E-state index is 12.1. The number of ketones is 1. The van der Waals surface area contributed by atoms with E-state index in [1.807, 2.05) is 31.2 Å². The predicted molar refractivity (Wildman–Crippen MR) is 99.9 cm³/mol. The third kappa shape index (κ3) is 5.16. The number of nitrogens with zero attached hydrogens (tertiary/aromatic N) is 1. The van der Waals surface area contributed by atoms with Gasteiger partial charge in [0, 0.05) is 12.6 Å². The molecule has 0 aliphatic rings. The third-order valence-electron chi connectivity index (χ3n) is 4.01. The van der Waals surface area contributed by atoms with Gasteiger partial charge in [0.25, 0.3) is 0 Å². The van der Waals surface area contributed by atoms with Crippen molar-refractivity contribution in [3.05, 3.63) is 65.2 Å². The number of Topliss-reactive ketones (excluding diaryl/α,β-unsaturated/α-hetero) is 1. The summed E-state index contributed by atoms with van der Waals surface area (Å²) in [6.45, 7) is 1.55. The summed E-state index contributed by atoms with van der Waals surface area (Å²) in [5.41, 5.74) is 2.64. The van der Waals surface area contributed by atoms with Crippen molar-refractivity contribution < 1.29 is 22.7 Å². The van der Waals surface area contributed by atoms with Crippen LogP contribution in [0.1, 0.15) is 21.5 Å². The Balaban J connectivity index is 1.93. The molecule has 0 heterocycles. The Bertz CT molecular complexity index is 904. The lowest BCUT2D eigenvalue weighted by Crippen LogP contribution is -2.24. The smallest absolute Gasteiger partial charge is 0.310 e. The fraction of sp³-hybridized carbons (Fsp3) is 0.263. The number of ether oxygens (including phenoxy) is 1. The van der Waals surface area contributed by atoms with Gasteiger partial charge in [-0.15, -0.1) is 0 Å². The lowest BCUT2D eigenvalue weighted by molar-refractivity contribution is -0.141. The van der Waals surface area contributed by atoms with Gasteiger partial charge in [-0.2, -0.15) is 0 Å². The number of carbonyl (C=O) groups is 2. The first kappa shape index (κ1) is 19.7. The molecule has 138 valence electrons. The Hall–Kier alpha value is -2.67. The molecule has 0 saturated heterocycles. The van der Waals surface area contributed by atoms with Crippen molar-refractivity contribution in [2.45, 2.75) is 13.3 Å². The first-order valence-corrected chi connectivity index (χ1v) is 9.80. The summed E-state index contributed by atoms with van der Waals surface area (Å²) in [7, 11) is -1.93. The molecule has 2 rings (SSSR count). The summed E-state index contributed by atoms with van der Waals surface area (Å²) in [6.07, 6.45) is 1.21. The Morgan fingerprint density at radius 3 is 2.23 bits per heavy atom. The Kier molecular flexibility index (Phi) is 6.15. The standard InChI is InChI=1S/C19H21NO5S/c1-14-6-4-5-7-16(14)12-19(22)25-13-18(21)15-8-10-17(11-9-15)20(2)26(3,23)24/h4-11H,12-13H2,1-3H3. The van der Waals surface area contributed by atoms with E-state index in [9.17, 15) is 18.0 Å². The van der Waals surface area contributed by atoms with Crippen LogP contribution in [0.5, 0.6) is 0 Å². The fourth-order valence-electron chi connectivity index (χ4n) is 2.29. The van der Waals surface area contributed by atoms with Gasteiger partial charge in [-0.05, 0) is 42.3 Å². The van der Waals surface area contributed by atoms with Gasteiger partial charge in [-0.25, -0.2) is 8.42 Å². The van der Waals surface area contributed by atoms with Crippen LogP contribution in [0.2, 0.25) is 0 Å². The molecule has 7 heteroatoms. The van der Waals surface area contributed by atoms with Crippen molar-refractivity contribution >= 4 is 27.5 Å². The summed E-state index contributed by atoms with van der Waals surface area (Å²) < 4.78 is 29.2. The molecule has 0 aliphatic carbocycles. The van der Waals surface area contributed by atoms with E-state index in [-0.39, 0.29) is 18.8 Å². The Labute approximate surface area is 153 Å². The average molecular weight is 375 g/mol. The molecule has 0 spiro atoms. The first-order chi connectivity index (χ1) is 12.2. The molecule has 0 aliphatic heterocycles. The summed E-state index contributed by atoms with van der Waals surface area (Å²) in [5, 5.41) is 0. The molecule has 0 unspecified atom stereocenters. The average Bonchev–Trinajstić information content (AvgIpc) is 2.60. The van der Waals surface area contributed by atoms with E-state index in [2.05, 4.69) is 0 Å². The highest BCUT2D eigenvalue weighted by Gasteiger charge is 2.14. The molecular weight excluding hydrogens is 354 g/mol. The maximum Gasteiger partial charge on any atom is 0.310 e. The second kappa shape index (κ2) is 8.14. The van der Waals surface area contributed by atoms with E-state index in [0.29, 0.717) is 11.3 Å². The molecule has 6 nitrogen and oxygen atoms in total. The van der Waals surface area contributed by atoms with Crippen molar-refractivity contribution in [2.75, 3.05) is 24.2 Å². The third-order valence-corrected chi connectivity index (χ3v) is 5.22. The lowest BCUT2D eigenvalue weighted by Gasteiger charge is -2.16. The van der Waals surface area contributed by atoms with Gasteiger partial charge >= 0.3 is 5.97 Å². The molecular formula is C19H21NO5S. The molecule has 0 atom stereocenters. The van der Waals surface area contributed by atoms with E-state index >= 15 is 0 Å². The first-order valence-electron chi connectivity index (χ1n) is 7.96. The second-order valence-electron chi connectivity index (χ2n) is 5.96. The van der Waals surface area contributed by atoms with Crippen molar-refractivity contribution in [2.24, 2.45) is 0 Å². The van der Waals surface area contributed by atoms with Gasteiger partial charge in [0.1, 0.15) is 0 Å². The molecule has 0 aromatic heterocycles. The van der Waals surface area contributed by atoms with E-state index in [0.717, 1.165) is 21.7 Å². The van der Waals surface area contributed by atoms with Crippen LogP contribution in [0.15, 0.2) is 48.5 Å². The zero-order chi connectivity index (χ0) is 19.3. The number of hydrogen-bond acceptors (Lipinski definition) is 5. The molecule has 0 bridgehead atoms. The van der Waals surface area contributed by atoms with Crippen LogP contribution in [-0.4, -0.2) is 40.1 Å². The Morgan fingerprint density at radius 1 is 1.04 bits per heavy atom. The van der Waals surface area contributed by atoms with Crippen LogP contribution < -0.4 is 4.31 Å².